The van der Waals surface area contributed by atoms with E-state index in [1.54, 1.807) is 6.92 Å². The molecular weight excluding hydrogens is 268 g/mol. The van der Waals surface area contributed by atoms with Crippen molar-refractivity contribution in [2.75, 3.05) is 12.4 Å². The number of aliphatic carboxylic acids is 1. The minimum Gasteiger partial charge on any atom is -0.481 e. The number of thioether (sulfide) groups is 1. The van der Waals surface area contributed by atoms with Crippen molar-refractivity contribution in [3.63, 3.8) is 0 Å². The zero-order valence-electron chi connectivity index (χ0n) is 11.1. The third-order valence-electron chi connectivity index (χ3n) is 3.07. The number of hydrogen-bond donors (Lipinski definition) is 4. The molecule has 6 nitrogen and oxygen atoms in total. The topological polar surface area (TPSA) is 98.7 Å². The quantitative estimate of drug-likeness (QED) is 0.443. The van der Waals surface area contributed by atoms with Crippen LogP contribution < -0.4 is 10.6 Å². The number of carboxylic acids is 1. The molecule has 0 aromatic rings. The highest BCUT2D eigenvalue weighted by Crippen LogP contribution is 2.33. The van der Waals surface area contributed by atoms with E-state index in [4.69, 9.17) is 10.2 Å². The Kier molecular flexibility index (Phi) is 7.01. The molecule has 0 bridgehead atoms. The highest BCUT2D eigenvalue weighted by atomic mass is 32.2. The van der Waals surface area contributed by atoms with Gasteiger partial charge in [-0.1, -0.05) is 6.42 Å². The number of nitrogens with one attached hydrogen (secondary N) is 2. The molecule has 3 atom stereocenters. The maximum absolute atomic E-state index is 11.1. The average Bonchev–Trinajstić information content (AvgIpc) is 2.85. The van der Waals surface area contributed by atoms with Gasteiger partial charge in [0.1, 0.15) is 0 Å². The van der Waals surface area contributed by atoms with Gasteiger partial charge in [0.05, 0.1) is 12.1 Å². The Hall–Kier alpha value is -0.950. The van der Waals surface area contributed by atoms with Gasteiger partial charge in [0.2, 0.25) is 0 Å². The van der Waals surface area contributed by atoms with E-state index in [0.717, 1.165) is 25.0 Å². The maximum Gasteiger partial charge on any atom is 0.315 e. The second kappa shape index (κ2) is 8.27. The SMILES string of the molecule is CCO.O=C(O)CCCC[C@@H]1SC[C@@H]2NC(=O)N[C@@H]21. The fourth-order valence-corrected chi connectivity index (χ4v) is 3.81. The molecule has 2 rings (SSSR count). The number of carbonyl (C=O) groups is 2. The predicted molar refractivity (Wildman–Crippen MR) is 74.4 cm³/mol. The van der Waals surface area contributed by atoms with Gasteiger partial charge in [0.25, 0.3) is 0 Å². The molecule has 2 aliphatic heterocycles. The van der Waals surface area contributed by atoms with Crippen LogP contribution in [0.15, 0.2) is 0 Å². The number of fused-ring (bicyclic) bond motifs is 1. The summed E-state index contributed by atoms with van der Waals surface area (Å²) in [4.78, 5) is 21.5. The van der Waals surface area contributed by atoms with Crippen molar-refractivity contribution in [3.05, 3.63) is 0 Å². The smallest absolute Gasteiger partial charge is 0.315 e. The number of amides is 2. The lowest BCUT2D eigenvalue weighted by atomic mass is 10.0. The van der Waals surface area contributed by atoms with Crippen molar-refractivity contribution in [3.8, 4) is 0 Å². The number of aliphatic hydroxyl groups excluding tert-OH is 1. The van der Waals surface area contributed by atoms with Gasteiger partial charge in [0, 0.05) is 24.0 Å². The second-order valence-electron chi connectivity index (χ2n) is 4.58. The van der Waals surface area contributed by atoms with Gasteiger partial charge >= 0.3 is 12.0 Å². The number of rotatable bonds is 5. The Morgan fingerprint density at radius 3 is 2.74 bits per heavy atom. The van der Waals surface area contributed by atoms with E-state index in [-0.39, 0.29) is 31.1 Å². The monoisotopic (exact) mass is 290 g/mol. The summed E-state index contributed by atoms with van der Waals surface area (Å²) < 4.78 is 0. The van der Waals surface area contributed by atoms with Crippen LogP contribution in [0, 0.1) is 0 Å². The standard InChI is InChI=1S/C10H16N2O3S.C2H6O/c13-8(14)4-2-1-3-7-9-6(5-16-7)11-10(15)12-9;1-2-3/h6-7,9H,1-5H2,(H,13,14)(H2,11,12,15);3H,2H2,1H3/t6-,7-,9-;/m0./s1. The normalized spacial score (nSPS) is 27.9. The number of carbonyl (C=O) groups excluding carboxylic acids is 1. The number of urea groups is 1. The molecule has 0 aromatic carbocycles. The van der Waals surface area contributed by atoms with Gasteiger partial charge in [-0.25, -0.2) is 4.79 Å². The second-order valence-corrected chi connectivity index (χ2v) is 5.85. The van der Waals surface area contributed by atoms with Crippen molar-refractivity contribution in [1.29, 1.82) is 0 Å². The van der Waals surface area contributed by atoms with Crippen LogP contribution in [-0.4, -0.2) is 51.9 Å². The largest absolute Gasteiger partial charge is 0.481 e. The van der Waals surface area contributed by atoms with E-state index >= 15 is 0 Å². The molecule has 0 spiro atoms. The lowest BCUT2D eigenvalue weighted by Gasteiger charge is -2.16. The van der Waals surface area contributed by atoms with Gasteiger partial charge in [-0.15, -0.1) is 0 Å². The Bertz CT molecular complexity index is 314. The first-order valence-electron chi connectivity index (χ1n) is 6.59. The fourth-order valence-electron chi connectivity index (χ4n) is 2.26. The minimum atomic E-state index is -0.729. The zero-order valence-corrected chi connectivity index (χ0v) is 11.9. The van der Waals surface area contributed by atoms with E-state index in [2.05, 4.69) is 10.6 Å². The van der Waals surface area contributed by atoms with Crippen LogP contribution in [0.1, 0.15) is 32.6 Å². The molecule has 2 heterocycles. The summed E-state index contributed by atoms with van der Waals surface area (Å²) in [5.41, 5.74) is 0. The molecule has 2 saturated heterocycles. The molecule has 110 valence electrons. The molecule has 4 N–H and O–H groups in total. The Balaban J connectivity index is 0.000000550. The molecule has 0 saturated carbocycles. The van der Waals surface area contributed by atoms with E-state index < -0.39 is 5.97 Å². The maximum atomic E-state index is 11.1. The Morgan fingerprint density at radius 2 is 2.11 bits per heavy atom. The van der Waals surface area contributed by atoms with E-state index in [1.165, 1.54) is 0 Å². The van der Waals surface area contributed by atoms with E-state index in [0.29, 0.717) is 5.25 Å². The lowest BCUT2D eigenvalue weighted by molar-refractivity contribution is -0.137. The molecule has 0 aromatic heterocycles. The fraction of sp³-hybridized carbons (Fsp3) is 0.833. The molecular formula is C12H22N2O4S. The van der Waals surface area contributed by atoms with Gasteiger partial charge in [-0.3, -0.25) is 4.79 Å². The Labute approximate surface area is 117 Å². The first kappa shape index (κ1) is 16.1. The molecule has 0 unspecified atom stereocenters. The van der Waals surface area contributed by atoms with Crippen LogP contribution in [0.3, 0.4) is 0 Å². The average molecular weight is 290 g/mol. The summed E-state index contributed by atoms with van der Waals surface area (Å²) in [6.45, 7) is 1.93. The molecule has 2 amide bonds. The lowest BCUT2D eigenvalue weighted by Crippen LogP contribution is -2.36. The van der Waals surface area contributed by atoms with Crippen molar-refractivity contribution in [2.24, 2.45) is 0 Å². The summed E-state index contributed by atoms with van der Waals surface area (Å²) >= 11 is 1.87. The van der Waals surface area contributed by atoms with Gasteiger partial charge in [-0.2, -0.15) is 11.8 Å². The number of hydrogen-bond acceptors (Lipinski definition) is 4. The van der Waals surface area contributed by atoms with Gasteiger partial charge in [0.15, 0.2) is 0 Å². The third-order valence-corrected chi connectivity index (χ3v) is 4.58. The summed E-state index contributed by atoms with van der Waals surface area (Å²) in [5.74, 6) is 0.236. The summed E-state index contributed by atoms with van der Waals surface area (Å²) in [6, 6.07) is 0.440. The highest BCUT2D eigenvalue weighted by molar-refractivity contribution is 8.00. The first-order chi connectivity index (χ1) is 9.08. The van der Waals surface area contributed by atoms with Crippen LogP contribution in [0.5, 0.6) is 0 Å². The summed E-state index contributed by atoms with van der Waals surface area (Å²) in [6.07, 6.45) is 2.88. The summed E-state index contributed by atoms with van der Waals surface area (Å²) in [5, 5.41) is 22.3. The van der Waals surface area contributed by atoms with E-state index in [9.17, 15) is 9.59 Å². The van der Waals surface area contributed by atoms with Gasteiger partial charge < -0.3 is 20.8 Å². The third kappa shape index (κ3) is 5.28. The molecule has 19 heavy (non-hydrogen) atoms. The molecule has 7 heteroatoms. The number of carboxylic acid groups (broad SMARTS) is 1. The van der Waals surface area contributed by atoms with Gasteiger partial charge in [-0.05, 0) is 19.8 Å². The molecule has 0 radical (unpaired) electrons. The van der Waals surface area contributed by atoms with Crippen LogP contribution >= 0.6 is 11.8 Å². The molecule has 0 aliphatic carbocycles. The first-order valence-corrected chi connectivity index (χ1v) is 7.64. The molecule has 2 fully saturated rings. The van der Waals surface area contributed by atoms with Crippen molar-refractivity contribution >= 4 is 23.8 Å². The molecule has 2 aliphatic rings. The number of unbranched alkanes of at least 4 members (excludes halogenated alkanes) is 1. The van der Waals surface area contributed by atoms with Crippen LogP contribution in [0.4, 0.5) is 4.79 Å². The zero-order chi connectivity index (χ0) is 14.3. The minimum absolute atomic E-state index is 0.0640. The van der Waals surface area contributed by atoms with E-state index in [1.807, 2.05) is 11.8 Å². The summed E-state index contributed by atoms with van der Waals surface area (Å²) in [7, 11) is 0. The van der Waals surface area contributed by atoms with Crippen LogP contribution in [0.25, 0.3) is 0 Å². The van der Waals surface area contributed by atoms with Crippen LogP contribution in [0.2, 0.25) is 0 Å². The Morgan fingerprint density at radius 1 is 1.42 bits per heavy atom. The van der Waals surface area contributed by atoms with Crippen molar-refractivity contribution in [1.82, 2.24) is 10.6 Å². The number of aliphatic hydroxyl groups is 1. The highest BCUT2D eigenvalue weighted by Gasteiger charge is 2.42. The van der Waals surface area contributed by atoms with Crippen molar-refractivity contribution < 1.29 is 19.8 Å². The predicted octanol–water partition coefficient (Wildman–Crippen LogP) is 0.795. The van der Waals surface area contributed by atoms with Crippen molar-refractivity contribution in [2.45, 2.75) is 49.9 Å². The van der Waals surface area contributed by atoms with Crippen LogP contribution in [-0.2, 0) is 4.79 Å².